The zero-order chi connectivity index (χ0) is 23.8. The van der Waals surface area contributed by atoms with Crippen molar-refractivity contribution < 1.29 is 27.3 Å². The van der Waals surface area contributed by atoms with E-state index in [0.717, 1.165) is 23.8 Å². The number of aliphatic hydroxyl groups is 1. The first-order chi connectivity index (χ1) is 15.8. The molecule has 0 bridgehead atoms. The quantitative estimate of drug-likeness (QED) is 0.427. The first kappa shape index (κ1) is 22.8. The van der Waals surface area contributed by atoms with Gasteiger partial charge in [-0.2, -0.15) is 13.2 Å². The van der Waals surface area contributed by atoms with Crippen molar-refractivity contribution in [3.63, 3.8) is 0 Å². The van der Waals surface area contributed by atoms with Crippen molar-refractivity contribution in [3.8, 4) is 34.0 Å². The number of rotatable bonds is 3. The van der Waals surface area contributed by atoms with Crippen LogP contribution in [0.25, 0.3) is 34.0 Å². The van der Waals surface area contributed by atoms with Gasteiger partial charge in [-0.3, -0.25) is 0 Å². The Hall–Kier alpha value is -3.43. The molecule has 1 atom stereocenters. The van der Waals surface area contributed by atoms with Gasteiger partial charge in [0.15, 0.2) is 17.2 Å². The number of alkyl halides is 3. The Morgan fingerprint density at radius 1 is 0.939 bits per heavy atom. The highest BCUT2D eigenvalue weighted by atomic mass is 19.4. The molecule has 172 valence electrons. The Balaban J connectivity index is 0.00000126. The van der Waals surface area contributed by atoms with Crippen molar-refractivity contribution in [2.75, 3.05) is 7.11 Å². The lowest BCUT2D eigenvalue weighted by atomic mass is 9.86. The molecule has 0 radical (unpaired) electrons. The van der Waals surface area contributed by atoms with Crippen LogP contribution in [0.4, 0.5) is 13.2 Å². The molecule has 2 aromatic carbocycles. The Morgan fingerprint density at radius 3 is 2.27 bits per heavy atom. The highest BCUT2D eigenvalue weighted by Crippen LogP contribution is 2.46. The van der Waals surface area contributed by atoms with Gasteiger partial charge in [-0.15, -0.1) is 0 Å². The highest BCUT2D eigenvalue weighted by molar-refractivity contribution is 5.79. The van der Waals surface area contributed by atoms with Crippen LogP contribution in [0.15, 0.2) is 57.6 Å². The maximum Gasteiger partial charge on any atom is 0.422 e. The lowest BCUT2D eigenvalue weighted by molar-refractivity contribution is -0.136. The van der Waals surface area contributed by atoms with Gasteiger partial charge in [0, 0.05) is 29.8 Å². The summed E-state index contributed by atoms with van der Waals surface area (Å²) >= 11 is 0. The summed E-state index contributed by atoms with van der Waals surface area (Å²) < 4.78 is 52.7. The second kappa shape index (κ2) is 8.84. The molecule has 0 saturated heterocycles. The van der Waals surface area contributed by atoms with E-state index in [4.69, 9.17) is 19.9 Å². The predicted octanol–water partition coefficient (Wildman–Crippen LogP) is 5.41. The lowest BCUT2D eigenvalue weighted by Gasteiger charge is -2.17. The molecule has 3 N–H and O–H groups in total. The van der Waals surface area contributed by atoms with Gasteiger partial charge >= 0.3 is 6.18 Å². The van der Waals surface area contributed by atoms with Crippen molar-refractivity contribution in [2.24, 2.45) is 5.73 Å². The molecular weight excluding hydrogens is 435 g/mol. The van der Waals surface area contributed by atoms with E-state index in [1.165, 1.54) is 0 Å². The van der Waals surface area contributed by atoms with Crippen LogP contribution in [0.3, 0.4) is 0 Å². The number of aryl methyl sites for hydroxylation is 1. The third-order valence-electron chi connectivity index (χ3n) is 5.57. The second-order valence-corrected chi connectivity index (χ2v) is 7.64. The molecular formula is C24H22F3N3O3. The summed E-state index contributed by atoms with van der Waals surface area (Å²) in [5.74, 6) is -0.346. The smallest absolute Gasteiger partial charge is 0.400 e. The zero-order valence-corrected chi connectivity index (χ0v) is 18.0. The van der Waals surface area contributed by atoms with Gasteiger partial charge in [-0.05, 0) is 30.9 Å². The van der Waals surface area contributed by atoms with Crippen molar-refractivity contribution in [2.45, 2.75) is 32.0 Å². The molecule has 1 unspecified atom stereocenters. The summed E-state index contributed by atoms with van der Waals surface area (Å²) in [6.45, 7) is 1.90. The molecule has 6 nitrogen and oxygen atoms in total. The Morgan fingerprint density at radius 2 is 1.61 bits per heavy atom. The van der Waals surface area contributed by atoms with Gasteiger partial charge in [-0.1, -0.05) is 58.8 Å². The number of nitrogens with two attached hydrogens (primary N) is 1. The fourth-order valence-corrected chi connectivity index (χ4v) is 4.03. The number of halogens is 3. The topological polar surface area (TPSA) is 98.3 Å². The molecule has 0 amide bonds. The number of hydrogen-bond acceptors (Lipinski definition) is 6. The first-order valence-electron chi connectivity index (χ1n) is 10.3. The standard InChI is InChI=1S/C23H18F3N3O2.CH4O/c1-12(27)14-7-9-16-15(11-14)8-10-17-19(16)28-31-22(17)20-18(23(24,25)26)21(30-29-20)13-5-3-2-4-6-13;1-2/h2-7,9,11-12H,8,10,27H2,1H3;2H,1H3. The van der Waals surface area contributed by atoms with Crippen LogP contribution in [-0.4, -0.2) is 22.5 Å². The Bertz CT molecular complexity index is 1260. The maximum absolute atomic E-state index is 14.0. The minimum atomic E-state index is -4.68. The molecule has 0 fully saturated rings. The molecule has 0 aliphatic heterocycles. The van der Waals surface area contributed by atoms with Gasteiger partial charge in [-0.25, -0.2) is 0 Å². The summed E-state index contributed by atoms with van der Waals surface area (Å²) in [6, 6.07) is 13.8. The number of aliphatic hydroxyl groups excluding tert-OH is 1. The summed E-state index contributed by atoms with van der Waals surface area (Å²) in [4.78, 5) is 0. The second-order valence-electron chi connectivity index (χ2n) is 7.64. The van der Waals surface area contributed by atoms with Gasteiger partial charge in [0.05, 0.1) is 0 Å². The third-order valence-corrected chi connectivity index (χ3v) is 5.57. The van der Waals surface area contributed by atoms with Crippen molar-refractivity contribution in [1.82, 2.24) is 10.3 Å². The van der Waals surface area contributed by atoms with Crippen molar-refractivity contribution in [1.29, 1.82) is 0 Å². The molecule has 33 heavy (non-hydrogen) atoms. The Labute approximate surface area is 187 Å². The fourth-order valence-electron chi connectivity index (χ4n) is 4.03. The van der Waals surface area contributed by atoms with E-state index < -0.39 is 11.7 Å². The fraction of sp³-hybridized carbons (Fsp3) is 0.250. The summed E-state index contributed by atoms with van der Waals surface area (Å²) in [6.07, 6.45) is -3.56. The number of aromatic nitrogens is 2. The minimum absolute atomic E-state index is 0.00447. The van der Waals surface area contributed by atoms with E-state index in [-0.39, 0.29) is 28.8 Å². The van der Waals surface area contributed by atoms with Crippen LogP contribution in [0, 0.1) is 0 Å². The average Bonchev–Trinajstić information content (AvgIpc) is 3.45. The minimum Gasteiger partial charge on any atom is -0.400 e. The number of benzene rings is 2. The monoisotopic (exact) mass is 457 g/mol. The van der Waals surface area contributed by atoms with Crippen molar-refractivity contribution in [3.05, 3.63) is 70.8 Å². The average molecular weight is 457 g/mol. The molecule has 0 saturated carbocycles. The normalized spacial score (nSPS) is 13.5. The highest BCUT2D eigenvalue weighted by Gasteiger charge is 2.43. The first-order valence-corrected chi connectivity index (χ1v) is 10.3. The van der Waals surface area contributed by atoms with E-state index in [1.54, 1.807) is 30.3 Å². The molecule has 5 rings (SSSR count). The zero-order valence-electron chi connectivity index (χ0n) is 18.0. The van der Waals surface area contributed by atoms with Crippen LogP contribution in [0.5, 0.6) is 0 Å². The van der Waals surface area contributed by atoms with Crippen LogP contribution in [0.2, 0.25) is 0 Å². The molecule has 1 aliphatic carbocycles. The maximum atomic E-state index is 14.0. The van der Waals surface area contributed by atoms with Gasteiger partial charge in [0.2, 0.25) is 0 Å². The van der Waals surface area contributed by atoms with E-state index in [1.807, 2.05) is 25.1 Å². The predicted molar refractivity (Wildman–Crippen MR) is 116 cm³/mol. The summed E-state index contributed by atoms with van der Waals surface area (Å²) in [5.41, 5.74) is 8.92. The van der Waals surface area contributed by atoms with Crippen LogP contribution in [0.1, 0.15) is 35.2 Å². The Kier molecular flexibility index (Phi) is 6.09. The SMILES string of the molecule is CC(N)c1ccc2c(c1)CCc1c-2noc1-c1noc(-c2ccccc2)c1C(F)(F)F.CO. The summed E-state index contributed by atoms with van der Waals surface area (Å²) in [7, 11) is 1.00. The molecule has 2 aromatic heterocycles. The van der Waals surface area contributed by atoms with E-state index >= 15 is 0 Å². The van der Waals surface area contributed by atoms with Gasteiger partial charge < -0.3 is 19.9 Å². The summed E-state index contributed by atoms with van der Waals surface area (Å²) in [5, 5.41) is 14.9. The molecule has 4 aromatic rings. The van der Waals surface area contributed by atoms with Crippen LogP contribution in [-0.2, 0) is 19.0 Å². The third kappa shape index (κ3) is 4.05. The molecule has 1 aliphatic rings. The van der Waals surface area contributed by atoms with E-state index in [0.29, 0.717) is 24.1 Å². The molecule has 2 heterocycles. The van der Waals surface area contributed by atoms with Crippen LogP contribution >= 0.6 is 0 Å². The molecule has 9 heteroatoms. The molecule has 0 spiro atoms. The van der Waals surface area contributed by atoms with Crippen LogP contribution < -0.4 is 5.73 Å². The van der Waals surface area contributed by atoms with Crippen molar-refractivity contribution >= 4 is 0 Å². The van der Waals surface area contributed by atoms with Gasteiger partial charge in [0.25, 0.3) is 0 Å². The number of hydrogen-bond donors (Lipinski definition) is 2. The van der Waals surface area contributed by atoms with E-state index in [9.17, 15) is 13.2 Å². The number of fused-ring (bicyclic) bond motifs is 3. The van der Waals surface area contributed by atoms with Gasteiger partial charge in [0.1, 0.15) is 11.3 Å². The largest absolute Gasteiger partial charge is 0.422 e. The number of nitrogens with zero attached hydrogens (tertiary/aromatic N) is 2. The lowest BCUT2D eigenvalue weighted by Crippen LogP contribution is -2.10. The van der Waals surface area contributed by atoms with E-state index in [2.05, 4.69) is 10.3 Å².